The van der Waals surface area contributed by atoms with Crippen molar-refractivity contribution in [3.8, 4) is 0 Å². The Morgan fingerprint density at radius 2 is 1.63 bits per heavy atom. The first-order valence-electron chi connectivity index (χ1n) is 10.5. The summed E-state index contributed by atoms with van der Waals surface area (Å²) in [5, 5.41) is 8.78. The van der Waals surface area contributed by atoms with Gasteiger partial charge in [0.05, 0.1) is 5.69 Å². The van der Waals surface area contributed by atoms with Gasteiger partial charge in [-0.1, -0.05) is 0 Å². The van der Waals surface area contributed by atoms with Gasteiger partial charge in [0.2, 0.25) is 11.8 Å². The number of carbonyl (C=O) groups excluding carboxylic acids is 2. The third kappa shape index (κ3) is 5.77. The van der Waals surface area contributed by atoms with E-state index in [0.29, 0.717) is 24.2 Å². The predicted molar refractivity (Wildman–Crippen MR) is 121 cm³/mol. The molecule has 0 radical (unpaired) electrons. The summed E-state index contributed by atoms with van der Waals surface area (Å²) >= 11 is 0. The summed E-state index contributed by atoms with van der Waals surface area (Å²) in [4.78, 5) is 25.3. The van der Waals surface area contributed by atoms with Gasteiger partial charge in [0, 0.05) is 25.2 Å². The standard InChI is InChI=1S/C21H29FN4O2.2ClH/c22-17-13-16(24-18-2-4-20(27)25-21(18)28)1-3-19(17)26-11-7-15(8-12-26)14-5-9-23-10-6-14;;/h1,3,13-15,18,23-24H,2,4-12H2,(H,25,27,28);2*1H. The molecule has 3 aliphatic heterocycles. The number of carbonyl (C=O) groups is 2. The predicted octanol–water partition coefficient (Wildman–Crippen LogP) is 3.10. The van der Waals surface area contributed by atoms with Crippen LogP contribution in [-0.2, 0) is 9.59 Å². The van der Waals surface area contributed by atoms with Crippen molar-refractivity contribution >= 4 is 48.0 Å². The first-order valence-corrected chi connectivity index (χ1v) is 10.5. The van der Waals surface area contributed by atoms with Crippen LogP contribution in [0.4, 0.5) is 15.8 Å². The summed E-state index contributed by atoms with van der Waals surface area (Å²) in [6.45, 7) is 4.04. The Morgan fingerprint density at radius 1 is 0.967 bits per heavy atom. The highest BCUT2D eigenvalue weighted by atomic mass is 35.5. The molecule has 1 aromatic rings. The largest absolute Gasteiger partial charge is 0.374 e. The average Bonchev–Trinajstić information content (AvgIpc) is 2.71. The van der Waals surface area contributed by atoms with Crippen LogP contribution in [0.3, 0.4) is 0 Å². The quantitative estimate of drug-likeness (QED) is 0.601. The highest BCUT2D eigenvalue weighted by Crippen LogP contribution is 2.33. The van der Waals surface area contributed by atoms with Crippen LogP contribution in [0.15, 0.2) is 18.2 Å². The lowest BCUT2D eigenvalue weighted by Gasteiger charge is -2.39. The summed E-state index contributed by atoms with van der Waals surface area (Å²) in [6, 6.07) is 4.58. The number of piperidine rings is 3. The molecule has 30 heavy (non-hydrogen) atoms. The Kier molecular flexibility index (Phi) is 9.19. The minimum atomic E-state index is -0.497. The fourth-order valence-corrected chi connectivity index (χ4v) is 4.81. The molecule has 4 rings (SSSR count). The first kappa shape index (κ1) is 24.7. The molecular weight excluding hydrogens is 430 g/mol. The van der Waals surface area contributed by atoms with Gasteiger partial charge in [0.1, 0.15) is 11.9 Å². The molecule has 1 aromatic carbocycles. The van der Waals surface area contributed by atoms with E-state index in [1.807, 2.05) is 6.07 Å². The van der Waals surface area contributed by atoms with E-state index in [-0.39, 0.29) is 42.4 Å². The van der Waals surface area contributed by atoms with E-state index < -0.39 is 6.04 Å². The molecule has 0 spiro atoms. The maximum Gasteiger partial charge on any atom is 0.249 e. The molecule has 3 aliphatic rings. The van der Waals surface area contributed by atoms with Gasteiger partial charge in [-0.05, 0) is 75.2 Å². The number of halogens is 3. The van der Waals surface area contributed by atoms with Crippen LogP contribution < -0.4 is 20.9 Å². The minimum Gasteiger partial charge on any atom is -0.374 e. The van der Waals surface area contributed by atoms with E-state index in [1.165, 1.54) is 18.9 Å². The lowest BCUT2D eigenvalue weighted by molar-refractivity contribution is -0.133. The number of benzene rings is 1. The van der Waals surface area contributed by atoms with Crippen LogP contribution in [0.1, 0.15) is 38.5 Å². The van der Waals surface area contributed by atoms with Gasteiger partial charge in [-0.3, -0.25) is 14.9 Å². The van der Waals surface area contributed by atoms with E-state index in [0.717, 1.165) is 50.9 Å². The maximum absolute atomic E-state index is 14.8. The molecule has 6 nitrogen and oxygen atoms in total. The van der Waals surface area contributed by atoms with Crippen LogP contribution in [0, 0.1) is 17.7 Å². The SMILES string of the molecule is Cl.Cl.O=C1CCC(Nc2ccc(N3CCC(C4CCNCC4)CC3)c(F)c2)C(=O)N1. The number of imide groups is 1. The van der Waals surface area contributed by atoms with Crippen LogP contribution >= 0.6 is 24.8 Å². The number of nitrogens with zero attached hydrogens (tertiary/aromatic N) is 1. The summed E-state index contributed by atoms with van der Waals surface area (Å²) in [6.07, 6.45) is 5.51. The second-order valence-electron chi connectivity index (χ2n) is 8.23. The van der Waals surface area contributed by atoms with Gasteiger partial charge >= 0.3 is 0 Å². The monoisotopic (exact) mass is 460 g/mol. The molecule has 1 unspecified atom stereocenters. The Bertz CT molecular complexity index is 738. The lowest BCUT2D eigenvalue weighted by Crippen LogP contribution is -2.47. The van der Waals surface area contributed by atoms with Crippen LogP contribution in [-0.4, -0.2) is 44.0 Å². The first-order chi connectivity index (χ1) is 13.6. The third-order valence-corrected chi connectivity index (χ3v) is 6.46. The Morgan fingerprint density at radius 3 is 2.27 bits per heavy atom. The zero-order valence-corrected chi connectivity index (χ0v) is 18.6. The van der Waals surface area contributed by atoms with E-state index in [9.17, 15) is 14.0 Å². The van der Waals surface area contributed by atoms with Crippen molar-refractivity contribution in [2.45, 2.75) is 44.6 Å². The number of hydrogen-bond acceptors (Lipinski definition) is 5. The van der Waals surface area contributed by atoms with Crippen LogP contribution in [0.5, 0.6) is 0 Å². The summed E-state index contributed by atoms with van der Waals surface area (Å²) in [5.74, 6) is 0.707. The molecule has 3 fully saturated rings. The van der Waals surface area contributed by atoms with Crippen molar-refractivity contribution < 1.29 is 14.0 Å². The average molecular weight is 461 g/mol. The second kappa shape index (κ2) is 11.2. The summed E-state index contributed by atoms with van der Waals surface area (Å²) in [7, 11) is 0. The van der Waals surface area contributed by atoms with Gasteiger partial charge < -0.3 is 15.5 Å². The van der Waals surface area contributed by atoms with Crippen molar-refractivity contribution in [3.05, 3.63) is 24.0 Å². The summed E-state index contributed by atoms with van der Waals surface area (Å²) < 4.78 is 14.8. The van der Waals surface area contributed by atoms with Crippen LogP contribution in [0.25, 0.3) is 0 Å². The molecule has 0 bridgehead atoms. The molecule has 9 heteroatoms. The fourth-order valence-electron chi connectivity index (χ4n) is 4.81. The molecule has 3 saturated heterocycles. The smallest absolute Gasteiger partial charge is 0.249 e. The molecule has 0 aliphatic carbocycles. The zero-order chi connectivity index (χ0) is 19.5. The van der Waals surface area contributed by atoms with E-state index >= 15 is 0 Å². The molecule has 1 atom stereocenters. The molecule has 0 aromatic heterocycles. The minimum absolute atomic E-state index is 0. The normalized spacial score (nSPS) is 23.2. The van der Waals surface area contributed by atoms with Gasteiger partial charge in [-0.2, -0.15) is 0 Å². The Hall–Kier alpha value is -1.57. The fraction of sp³-hybridized carbons (Fsp3) is 0.619. The van der Waals surface area contributed by atoms with Crippen molar-refractivity contribution in [3.63, 3.8) is 0 Å². The van der Waals surface area contributed by atoms with E-state index in [2.05, 4.69) is 20.9 Å². The Labute approximate surface area is 189 Å². The van der Waals surface area contributed by atoms with E-state index in [4.69, 9.17) is 0 Å². The molecule has 168 valence electrons. The van der Waals surface area contributed by atoms with E-state index in [1.54, 1.807) is 6.07 Å². The second-order valence-corrected chi connectivity index (χ2v) is 8.23. The third-order valence-electron chi connectivity index (χ3n) is 6.46. The zero-order valence-electron chi connectivity index (χ0n) is 17.0. The van der Waals surface area contributed by atoms with Crippen molar-refractivity contribution in [1.29, 1.82) is 0 Å². The highest BCUT2D eigenvalue weighted by molar-refractivity contribution is 6.01. The summed E-state index contributed by atoms with van der Waals surface area (Å²) in [5.41, 5.74) is 1.21. The number of amides is 2. The van der Waals surface area contributed by atoms with Crippen LogP contribution in [0.2, 0.25) is 0 Å². The van der Waals surface area contributed by atoms with Gasteiger partial charge in [0.25, 0.3) is 0 Å². The molecule has 2 amide bonds. The molecule has 3 heterocycles. The highest BCUT2D eigenvalue weighted by Gasteiger charge is 2.29. The topological polar surface area (TPSA) is 73.5 Å². The lowest BCUT2D eigenvalue weighted by atomic mass is 9.79. The number of hydrogen-bond donors (Lipinski definition) is 3. The molecular formula is C21H31Cl2FN4O2. The Balaban J connectivity index is 0.00000160. The van der Waals surface area contributed by atoms with Gasteiger partial charge in [-0.25, -0.2) is 4.39 Å². The number of rotatable bonds is 4. The van der Waals surface area contributed by atoms with Crippen molar-refractivity contribution in [2.24, 2.45) is 11.8 Å². The number of nitrogens with one attached hydrogen (secondary N) is 3. The maximum atomic E-state index is 14.8. The van der Waals surface area contributed by atoms with Gasteiger partial charge in [0.15, 0.2) is 0 Å². The molecule has 0 saturated carbocycles. The molecule has 3 N–H and O–H groups in total. The van der Waals surface area contributed by atoms with Crippen molar-refractivity contribution in [1.82, 2.24) is 10.6 Å². The number of anilines is 2. The van der Waals surface area contributed by atoms with Crippen molar-refractivity contribution in [2.75, 3.05) is 36.4 Å². The van der Waals surface area contributed by atoms with Gasteiger partial charge in [-0.15, -0.1) is 24.8 Å².